The molecule has 2 aromatic carbocycles. The van der Waals surface area contributed by atoms with Gasteiger partial charge in [0.25, 0.3) is 0 Å². The summed E-state index contributed by atoms with van der Waals surface area (Å²) in [7, 11) is 0. The monoisotopic (exact) mass is 560 g/mol. The van der Waals surface area contributed by atoms with Crippen LogP contribution >= 0.6 is 59.7 Å². The van der Waals surface area contributed by atoms with Gasteiger partial charge in [0, 0.05) is 21.0 Å². The second-order valence-corrected chi connectivity index (χ2v) is 13.9. The number of rotatable bonds is 6. The van der Waals surface area contributed by atoms with Crippen LogP contribution in [0.1, 0.15) is 49.7 Å². The van der Waals surface area contributed by atoms with Crippen molar-refractivity contribution in [2.24, 2.45) is 0 Å². The highest BCUT2D eigenvalue weighted by atomic mass is 32.2. The Morgan fingerprint density at radius 1 is 0.686 bits per heavy atom. The first-order valence-corrected chi connectivity index (χ1v) is 15.7. The summed E-state index contributed by atoms with van der Waals surface area (Å²) in [6, 6.07) is 20.5. The lowest BCUT2D eigenvalue weighted by Crippen LogP contribution is -2.22. The average Bonchev–Trinajstić information content (AvgIpc) is 3.37. The van der Waals surface area contributed by atoms with E-state index in [9.17, 15) is 0 Å². The quantitative estimate of drug-likeness (QED) is 0.257. The molecule has 4 atom stereocenters. The molecule has 0 amide bonds. The summed E-state index contributed by atoms with van der Waals surface area (Å²) in [6.45, 7) is 1.08. The third kappa shape index (κ3) is 9.12. The highest BCUT2D eigenvalue weighted by Crippen LogP contribution is 2.46. The maximum Gasteiger partial charge on any atom is 0.220 e. The van der Waals surface area contributed by atoms with Crippen molar-refractivity contribution < 1.29 is 9.47 Å². The number of hydrogen-bond acceptors (Lipinski definition) is 7. The lowest BCUT2D eigenvalue weighted by atomic mass is 10.0. The molecule has 4 rings (SSSR count). The number of hydrogen-bond donors (Lipinski definition) is 0. The van der Waals surface area contributed by atoms with Crippen LogP contribution in [0.3, 0.4) is 0 Å². The van der Waals surface area contributed by atoms with E-state index >= 15 is 0 Å². The minimum Gasteiger partial charge on any atom is -0.474 e. The molecule has 1 saturated heterocycles. The topological polar surface area (TPSA) is 18.5 Å². The van der Waals surface area contributed by atoms with E-state index in [1.807, 2.05) is 36.4 Å². The highest BCUT2D eigenvalue weighted by Gasteiger charge is 2.37. The molecular formula is C28H32O2S5. The molecule has 2 aromatic rings. The van der Waals surface area contributed by atoms with Crippen LogP contribution in [0, 0.1) is 0 Å². The zero-order valence-electron chi connectivity index (χ0n) is 19.8. The molecule has 4 unspecified atom stereocenters. The number of benzene rings is 2. The zero-order chi connectivity index (χ0) is 24.3. The van der Waals surface area contributed by atoms with Gasteiger partial charge in [0.1, 0.15) is 13.2 Å². The fourth-order valence-electron chi connectivity index (χ4n) is 4.38. The van der Waals surface area contributed by atoms with E-state index in [1.54, 1.807) is 23.5 Å². The zero-order valence-corrected chi connectivity index (χ0v) is 23.8. The van der Waals surface area contributed by atoms with Gasteiger partial charge in [0.05, 0.1) is 0 Å². The van der Waals surface area contributed by atoms with Crippen LogP contribution in [0.15, 0.2) is 72.8 Å². The van der Waals surface area contributed by atoms with Gasteiger partial charge in [0.15, 0.2) is 0 Å². The van der Waals surface area contributed by atoms with Gasteiger partial charge >= 0.3 is 0 Å². The van der Waals surface area contributed by atoms with Crippen molar-refractivity contribution >= 4 is 68.5 Å². The molecule has 2 heterocycles. The number of ether oxygens (including phenoxy) is 2. The van der Waals surface area contributed by atoms with E-state index in [-0.39, 0.29) is 0 Å². The maximum absolute atomic E-state index is 5.96. The number of fused-ring (bicyclic) bond motifs is 2. The molecule has 0 spiro atoms. The van der Waals surface area contributed by atoms with E-state index in [1.165, 1.54) is 12.8 Å². The molecule has 7 heteroatoms. The molecule has 0 radical (unpaired) electrons. The molecule has 2 aliphatic rings. The van der Waals surface area contributed by atoms with E-state index < -0.39 is 0 Å². The first-order valence-electron chi connectivity index (χ1n) is 12.2. The van der Waals surface area contributed by atoms with Gasteiger partial charge < -0.3 is 9.47 Å². The summed E-state index contributed by atoms with van der Waals surface area (Å²) >= 11 is 17.0. The van der Waals surface area contributed by atoms with Crippen LogP contribution in [0.5, 0.6) is 0 Å². The van der Waals surface area contributed by atoms with Crippen LogP contribution < -0.4 is 0 Å². The highest BCUT2D eigenvalue weighted by molar-refractivity contribution is 8.24. The fourth-order valence-corrected chi connectivity index (χ4v) is 9.41. The molecule has 2 aliphatic heterocycles. The summed E-state index contributed by atoms with van der Waals surface area (Å²) in [6.07, 6.45) is 11.6. The Morgan fingerprint density at radius 3 is 1.54 bits per heavy atom. The Morgan fingerprint density at radius 2 is 1.11 bits per heavy atom. The third-order valence-electron chi connectivity index (χ3n) is 6.21. The molecule has 186 valence electrons. The van der Waals surface area contributed by atoms with Gasteiger partial charge in [-0.05, 0) is 74.1 Å². The van der Waals surface area contributed by atoms with E-state index in [0.717, 1.165) is 36.8 Å². The van der Waals surface area contributed by atoms with E-state index in [4.69, 9.17) is 33.9 Å². The van der Waals surface area contributed by atoms with Gasteiger partial charge in [-0.3, -0.25) is 0 Å². The first kappa shape index (κ1) is 27.1. The van der Waals surface area contributed by atoms with Crippen molar-refractivity contribution in [1.29, 1.82) is 0 Å². The molecule has 2 bridgehead atoms. The fraction of sp³-hybridized carbons (Fsp3) is 0.429. The van der Waals surface area contributed by atoms with Gasteiger partial charge in [0.2, 0.25) is 8.77 Å². The first-order chi connectivity index (χ1) is 17.2. The minimum absolute atomic E-state index is 0.475. The Bertz CT molecular complexity index is 888. The van der Waals surface area contributed by atoms with E-state index in [0.29, 0.717) is 43.0 Å². The van der Waals surface area contributed by atoms with Crippen LogP contribution in [0.2, 0.25) is 0 Å². The second kappa shape index (κ2) is 14.7. The molecule has 0 aliphatic carbocycles. The lowest BCUT2D eigenvalue weighted by molar-refractivity contribution is 0.310. The van der Waals surface area contributed by atoms with Gasteiger partial charge in [-0.2, -0.15) is 11.8 Å². The molecule has 0 N–H and O–H groups in total. The van der Waals surface area contributed by atoms with Crippen molar-refractivity contribution in [2.75, 3.05) is 0 Å². The number of thiocarbonyl (C=S) groups is 2. The largest absolute Gasteiger partial charge is 0.474 e. The molecule has 0 saturated carbocycles. The summed E-state index contributed by atoms with van der Waals surface area (Å²) in [5.74, 6) is 0. The summed E-state index contributed by atoms with van der Waals surface area (Å²) in [5.41, 5.74) is 2.31. The van der Waals surface area contributed by atoms with Gasteiger partial charge in [-0.25, -0.2) is 0 Å². The summed E-state index contributed by atoms with van der Waals surface area (Å²) in [5, 5.41) is 2.14. The Kier molecular flexibility index (Phi) is 11.3. The van der Waals surface area contributed by atoms with Crippen molar-refractivity contribution in [2.45, 2.75) is 72.7 Å². The average molecular weight is 561 g/mol. The van der Waals surface area contributed by atoms with Crippen LogP contribution in [0.4, 0.5) is 0 Å². The smallest absolute Gasteiger partial charge is 0.220 e. The maximum atomic E-state index is 5.96. The SMILES string of the molecule is S=C(OCc1ccccc1)SC1CCC=CCCC(SC(=S)OCc2ccccc2)C2CCC1S2. The van der Waals surface area contributed by atoms with Gasteiger partial charge in [-0.1, -0.05) is 96.3 Å². The predicted octanol–water partition coefficient (Wildman–Crippen LogP) is 8.59. The third-order valence-corrected chi connectivity index (χ3v) is 11.6. The molecule has 2 nitrogen and oxygen atoms in total. The molecular weight excluding hydrogens is 529 g/mol. The lowest BCUT2D eigenvalue weighted by Gasteiger charge is -2.25. The summed E-state index contributed by atoms with van der Waals surface area (Å²) in [4.78, 5) is 0. The number of thioether (sulfide) groups is 3. The van der Waals surface area contributed by atoms with Crippen molar-refractivity contribution in [3.63, 3.8) is 0 Å². The predicted molar refractivity (Wildman–Crippen MR) is 162 cm³/mol. The van der Waals surface area contributed by atoms with Crippen molar-refractivity contribution in [3.8, 4) is 0 Å². The van der Waals surface area contributed by atoms with Crippen LogP contribution in [0.25, 0.3) is 0 Å². The second-order valence-electron chi connectivity index (χ2n) is 8.78. The number of allylic oxidation sites excluding steroid dienone is 2. The summed E-state index contributed by atoms with van der Waals surface area (Å²) < 4.78 is 13.3. The Balaban J connectivity index is 1.31. The molecule has 35 heavy (non-hydrogen) atoms. The van der Waals surface area contributed by atoms with E-state index in [2.05, 4.69) is 48.2 Å². The van der Waals surface area contributed by atoms with Crippen molar-refractivity contribution in [3.05, 3.63) is 83.9 Å². The Hall–Kier alpha value is -0.990. The minimum atomic E-state index is 0.475. The van der Waals surface area contributed by atoms with Crippen molar-refractivity contribution in [1.82, 2.24) is 0 Å². The Labute approximate surface area is 233 Å². The van der Waals surface area contributed by atoms with Gasteiger partial charge in [-0.15, -0.1) is 0 Å². The standard InChI is InChI=1S/C28H32O2S5/c31-27(29-19-21-11-5-3-6-12-21)34-23-15-9-1-2-10-16-24(26-18-17-25(23)33-26)35-28(32)30-20-22-13-7-4-8-14-22/h1-8,11-14,23-26H,9-10,15-20H2. The van der Waals surface area contributed by atoms with Crippen LogP contribution in [-0.4, -0.2) is 29.8 Å². The normalized spacial score (nSPS) is 24.3. The molecule has 1 fully saturated rings. The van der Waals surface area contributed by atoms with Crippen LogP contribution in [-0.2, 0) is 22.7 Å². The molecule has 0 aromatic heterocycles.